The second kappa shape index (κ2) is 3.14. The van der Waals surface area contributed by atoms with E-state index in [1.807, 2.05) is 0 Å². The van der Waals surface area contributed by atoms with E-state index in [9.17, 15) is 0 Å². The molecule has 0 amide bonds. The molecule has 0 unspecified atom stereocenters. The number of hydrogen-bond donors (Lipinski definition) is 2. The van der Waals surface area contributed by atoms with Crippen molar-refractivity contribution in [3.63, 3.8) is 0 Å². The number of nitrogen functional groups attached to an aromatic ring is 1. The van der Waals surface area contributed by atoms with Gasteiger partial charge in [-0.25, -0.2) is 4.68 Å². The van der Waals surface area contributed by atoms with E-state index in [1.54, 1.807) is 11.8 Å². The van der Waals surface area contributed by atoms with Crippen molar-refractivity contribution in [1.82, 2.24) is 9.78 Å². The Morgan fingerprint density at radius 1 is 1.69 bits per heavy atom. The van der Waals surface area contributed by atoms with Crippen molar-refractivity contribution in [3.8, 4) is 5.88 Å². The van der Waals surface area contributed by atoms with Crippen LogP contribution >= 0.6 is 0 Å². The predicted molar refractivity (Wildman–Crippen MR) is 47.6 cm³/mol. The molecule has 6 nitrogen and oxygen atoms in total. The maximum atomic E-state index is 5.78. The van der Waals surface area contributed by atoms with E-state index < -0.39 is 0 Å². The SMILES string of the molecule is COc1nn2c(c1N)NCOCC2. The number of methoxy groups -OCH3 is 1. The standard InChI is InChI=1S/C7H12N4O2/c1-12-7-5(8)6-9-4-13-3-2-11(6)10-7/h9H,2-4,8H2,1H3. The minimum absolute atomic E-state index is 0.457. The van der Waals surface area contributed by atoms with Gasteiger partial charge in [-0.15, -0.1) is 5.10 Å². The molecule has 1 aliphatic rings. The minimum atomic E-state index is 0.457. The molecular weight excluding hydrogens is 172 g/mol. The van der Waals surface area contributed by atoms with Crippen LogP contribution in [0.1, 0.15) is 0 Å². The Bertz CT molecular complexity index is 310. The molecule has 0 fully saturated rings. The van der Waals surface area contributed by atoms with Crippen molar-refractivity contribution in [2.75, 3.05) is 31.5 Å². The molecule has 13 heavy (non-hydrogen) atoms. The van der Waals surface area contributed by atoms with Crippen LogP contribution in [-0.4, -0.2) is 30.2 Å². The number of fused-ring (bicyclic) bond motifs is 1. The van der Waals surface area contributed by atoms with Gasteiger partial charge in [0.05, 0.1) is 20.3 Å². The van der Waals surface area contributed by atoms with Crippen LogP contribution in [0.15, 0.2) is 0 Å². The number of ether oxygens (including phenoxy) is 2. The smallest absolute Gasteiger partial charge is 0.258 e. The summed E-state index contributed by atoms with van der Waals surface area (Å²) in [6.45, 7) is 1.78. The van der Waals surface area contributed by atoms with Gasteiger partial charge in [0.15, 0.2) is 5.82 Å². The van der Waals surface area contributed by atoms with Gasteiger partial charge in [0, 0.05) is 0 Å². The Morgan fingerprint density at radius 3 is 3.31 bits per heavy atom. The van der Waals surface area contributed by atoms with E-state index in [-0.39, 0.29) is 0 Å². The molecule has 0 spiro atoms. The largest absolute Gasteiger partial charge is 0.478 e. The summed E-state index contributed by atoms with van der Waals surface area (Å²) in [6, 6.07) is 0. The molecule has 2 heterocycles. The summed E-state index contributed by atoms with van der Waals surface area (Å²) in [5, 5.41) is 7.18. The zero-order valence-electron chi connectivity index (χ0n) is 7.41. The number of anilines is 2. The van der Waals surface area contributed by atoms with Gasteiger partial charge in [-0.1, -0.05) is 0 Å². The number of aromatic nitrogens is 2. The van der Waals surface area contributed by atoms with E-state index in [2.05, 4.69) is 10.4 Å². The van der Waals surface area contributed by atoms with Crippen LogP contribution in [0.2, 0.25) is 0 Å². The highest BCUT2D eigenvalue weighted by atomic mass is 16.5. The summed E-state index contributed by atoms with van der Waals surface area (Å²) in [5.41, 5.74) is 6.31. The lowest BCUT2D eigenvalue weighted by Gasteiger charge is -2.01. The molecule has 1 aromatic heterocycles. The summed E-state index contributed by atoms with van der Waals surface area (Å²) in [6.07, 6.45) is 0. The van der Waals surface area contributed by atoms with E-state index in [0.29, 0.717) is 31.4 Å². The summed E-state index contributed by atoms with van der Waals surface area (Å²) in [4.78, 5) is 0. The summed E-state index contributed by atoms with van der Waals surface area (Å²) in [5.74, 6) is 1.23. The third-order valence-corrected chi connectivity index (χ3v) is 1.94. The molecule has 6 heteroatoms. The maximum absolute atomic E-state index is 5.78. The van der Waals surface area contributed by atoms with E-state index in [4.69, 9.17) is 15.2 Å². The first kappa shape index (κ1) is 8.18. The molecule has 2 rings (SSSR count). The monoisotopic (exact) mass is 184 g/mol. The zero-order chi connectivity index (χ0) is 9.26. The van der Waals surface area contributed by atoms with Crippen molar-refractivity contribution in [3.05, 3.63) is 0 Å². The first-order valence-electron chi connectivity index (χ1n) is 4.05. The third kappa shape index (κ3) is 1.29. The van der Waals surface area contributed by atoms with Crippen molar-refractivity contribution in [2.24, 2.45) is 0 Å². The lowest BCUT2D eigenvalue weighted by Crippen LogP contribution is -2.05. The quantitative estimate of drug-likeness (QED) is 0.636. The average Bonchev–Trinajstić information content (AvgIpc) is 2.37. The fraction of sp³-hybridized carbons (Fsp3) is 0.571. The second-order valence-corrected chi connectivity index (χ2v) is 2.72. The Balaban J connectivity index is 2.38. The van der Waals surface area contributed by atoms with Crippen LogP contribution in [0.5, 0.6) is 5.88 Å². The molecule has 0 saturated carbocycles. The molecule has 0 bridgehead atoms. The van der Waals surface area contributed by atoms with Crippen LogP contribution in [0.25, 0.3) is 0 Å². The topological polar surface area (TPSA) is 74.3 Å². The van der Waals surface area contributed by atoms with Gasteiger partial charge in [-0.3, -0.25) is 0 Å². The van der Waals surface area contributed by atoms with Crippen LogP contribution in [0.4, 0.5) is 11.5 Å². The highest BCUT2D eigenvalue weighted by molar-refractivity contribution is 5.68. The van der Waals surface area contributed by atoms with Crippen molar-refractivity contribution in [1.29, 1.82) is 0 Å². The molecule has 72 valence electrons. The molecule has 0 aromatic carbocycles. The molecule has 1 aliphatic heterocycles. The molecule has 0 radical (unpaired) electrons. The molecule has 0 saturated heterocycles. The second-order valence-electron chi connectivity index (χ2n) is 2.72. The normalized spacial score (nSPS) is 15.8. The summed E-state index contributed by atoms with van der Waals surface area (Å²) >= 11 is 0. The van der Waals surface area contributed by atoms with E-state index in [1.165, 1.54) is 0 Å². The van der Waals surface area contributed by atoms with Crippen molar-refractivity contribution < 1.29 is 9.47 Å². The van der Waals surface area contributed by atoms with Crippen LogP contribution in [-0.2, 0) is 11.3 Å². The highest BCUT2D eigenvalue weighted by Gasteiger charge is 2.17. The molecule has 1 aromatic rings. The Labute approximate surface area is 75.6 Å². The molecule has 0 aliphatic carbocycles. The van der Waals surface area contributed by atoms with Crippen LogP contribution < -0.4 is 15.8 Å². The van der Waals surface area contributed by atoms with E-state index >= 15 is 0 Å². The van der Waals surface area contributed by atoms with Gasteiger partial charge >= 0.3 is 0 Å². The van der Waals surface area contributed by atoms with Crippen LogP contribution in [0.3, 0.4) is 0 Å². The lowest BCUT2D eigenvalue weighted by atomic mass is 10.5. The number of hydrogen-bond acceptors (Lipinski definition) is 5. The third-order valence-electron chi connectivity index (χ3n) is 1.94. The van der Waals surface area contributed by atoms with Gasteiger partial charge in [-0.05, 0) is 0 Å². The first-order valence-corrected chi connectivity index (χ1v) is 4.05. The highest BCUT2D eigenvalue weighted by Crippen LogP contribution is 2.29. The Morgan fingerprint density at radius 2 is 2.54 bits per heavy atom. The molecule has 0 atom stereocenters. The van der Waals surface area contributed by atoms with Gasteiger partial charge in [-0.2, -0.15) is 0 Å². The number of nitrogens with two attached hydrogens (primary N) is 1. The van der Waals surface area contributed by atoms with Gasteiger partial charge in [0.2, 0.25) is 0 Å². The van der Waals surface area contributed by atoms with Gasteiger partial charge in [0.25, 0.3) is 5.88 Å². The lowest BCUT2D eigenvalue weighted by molar-refractivity contribution is 0.149. The number of nitrogens with one attached hydrogen (secondary N) is 1. The minimum Gasteiger partial charge on any atom is -0.478 e. The summed E-state index contributed by atoms with van der Waals surface area (Å²) in [7, 11) is 1.55. The first-order chi connectivity index (χ1) is 6.33. The van der Waals surface area contributed by atoms with Crippen molar-refractivity contribution in [2.45, 2.75) is 6.54 Å². The Hall–Kier alpha value is -1.43. The Kier molecular flexibility index (Phi) is 1.97. The fourth-order valence-electron chi connectivity index (χ4n) is 1.30. The zero-order valence-corrected chi connectivity index (χ0v) is 7.41. The predicted octanol–water partition coefficient (Wildman–Crippen LogP) is -0.127. The average molecular weight is 184 g/mol. The van der Waals surface area contributed by atoms with Gasteiger partial charge in [0.1, 0.15) is 12.4 Å². The summed E-state index contributed by atoms with van der Waals surface area (Å²) < 4.78 is 11.9. The van der Waals surface area contributed by atoms with Crippen molar-refractivity contribution >= 4 is 11.5 Å². The van der Waals surface area contributed by atoms with Gasteiger partial charge < -0.3 is 20.5 Å². The van der Waals surface area contributed by atoms with Crippen LogP contribution in [0, 0.1) is 0 Å². The van der Waals surface area contributed by atoms with E-state index in [0.717, 1.165) is 5.82 Å². The number of nitrogens with zero attached hydrogens (tertiary/aromatic N) is 2. The fourth-order valence-corrected chi connectivity index (χ4v) is 1.30. The maximum Gasteiger partial charge on any atom is 0.258 e. The molecule has 3 N–H and O–H groups in total. The molecular formula is C7H12N4O2. The number of rotatable bonds is 1.